The smallest absolute Gasteiger partial charge is 0.368 e. The molecule has 2 N–H and O–H groups in total. The van der Waals surface area contributed by atoms with E-state index < -0.39 is 5.97 Å². The molecule has 0 fully saturated rings. The maximum absolute atomic E-state index is 11.4. The highest BCUT2D eigenvalue weighted by molar-refractivity contribution is 14.1. The molecule has 0 aliphatic carbocycles. The molecule has 0 saturated carbocycles. The number of aromatic nitrogens is 1. The van der Waals surface area contributed by atoms with E-state index in [4.69, 9.17) is 5.73 Å². The Balaban J connectivity index is 2.47. The van der Waals surface area contributed by atoms with Gasteiger partial charge in [0.15, 0.2) is 28.7 Å². The number of carbonyl (C=O) groups is 1. The summed E-state index contributed by atoms with van der Waals surface area (Å²) in [6.45, 7) is 0. The van der Waals surface area contributed by atoms with Gasteiger partial charge in [-0.05, 0) is 23.6 Å². The van der Waals surface area contributed by atoms with Crippen LogP contribution in [0.2, 0.25) is 0 Å². The molecule has 0 aliphatic rings. The number of pyridine rings is 1. The van der Waals surface area contributed by atoms with E-state index in [1.807, 2.05) is 17.5 Å². The van der Waals surface area contributed by atoms with Gasteiger partial charge in [0.05, 0.1) is 16.3 Å². The van der Waals surface area contributed by atoms with Crippen LogP contribution in [-0.4, -0.2) is 11.0 Å². The summed E-state index contributed by atoms with van der Waals surface area (Å²) in [6, 6.07) is 7.30. The van der Waals surface area contributed by atoms with E-state index in [-0.39, 0.29) is 5.69 Å². The third-order valence-electron chi connectivity index (χ3n) is 1.96. The lowest BCUT2D eigenvalue weighted by Crippen LogP contribution is -2.06. The van der Waals surface area contributed by atoms with Gasteiger partial charge in [-0.2, -0.15) is 0 Å². The molecule has 0 amide bonds. The summed E-state index contributed by atoms with van der Waals surface area (Å²) in [5, 5.41) is 1.95. The van der Waals surface area contributed by atoms with Crippen LogP contribution >= 0.6 is 34.3 Å². The average molecular weight is 346 g/mol. The van der Waals surface area contributed by atoms with Crippen molar-refractivity contribution < 1.29 is 7.86 Å². The summed E-state index contributed by atoms with van der Waals surface area (Å²) in [7, 11) is 0. The first kappa shape index (κ1) is 11.3. The van der Waals surface area contributed by atoms with Crippen LogP contribution in [-0.2, 0) is 3.07 Å². The highest BCUT2D eigenvalue weighted by Gasteiger charge is 2.14. The molecule has 0 aromatic carbocycles. The predicted octanol–water partition coefficient (Wildman–Crippen LogP) is 2.90. The van der Waals surface area contributed by atoms with E-state index >= 15 is 0 Å². The Bertz CT molecular complexity index is 514. The number of hydrogen-bond acceptors (Lipinski definition) is 5. The van der Waals surface area contributed by atoms with E-state index in [2.05, 4.69) is 8.05 Å². The van der Waals surface area contributed by atoms with Crippen molar-refractivity contribution >= 4 is 46.0 Å². The molecule has 0 saturated heterocycles. The molecule has 0 radical (unpaired) electrons. The highest BCUT2D eigenvalue weighted by atomic mass is 127. The Hall–Kier alpha value is -1.15. The molecule has 2 aromatic rings. The molecule has 0 atom stereocenters. The zero-order chi connectivity index (χ0) is 11.5. The number of rotatable bonds is 2. The monoisotopic (exact) mass is 346 g/mol. The van der Waals surface area contributed by atoms with Crippen LogP contribution in [0.5, 0.6) is 0 Å². The average Bonchev–Trinajstić information content (AvgIpc) is 2.82. The van der Waals surface area contributed by atoms with Gasteiger partial charge in [-0.15, -0.1) is 11.3 Å². The van der Waals surface area contributed by atoms with Crippen LogP contribution < -0.4 is 5.73 Å². The highest BCUT2D eigenvalue weighted by Crippen LogP contribution is 2.25. The molecular formula is C10H7IN2O2S. The van der Waals surface area contributed by atoms with Crippen molar-refractivity contribution in [3.63, 3.8) is 0 Å². The van der Waals surface area contributed by atoms with Crippen LogP contribution in [0.3, 0.4) is 0 Å². The van der Waals surface area contributed by atoms with Gasteiger partial charge in [-0.25, -0.2) is 9.78 Å². The number of carbonyl (C=O) groups excluding carboxylic acids is 1. The summed E-state index contributed by atoms with van der Waals surface area (Å²) in [4.78, 5) is 16.6. The maximum atomic E-state index is 11.4. The third kappa shape index (κ3) is 2.17. The molecule has 0 spiro atoms. The Kier molecular flexibility index (Phi) is 3.39. The fourth-order valence-electron chi connectivity index (χ4n) is 1.23. The molecule has 16 heavy (non-hydrogen) atoms. The van der Waals surface area contributed by atoms with E-state index in [0.29, 0.717) is 5.69 Å². The summed E-state index contributed by atoms with van der Waals surface area (Å²) in [6.07, 6.45) is 0. The predicted molar refractivity (Wildman–Crippen MR) is 71.4 cm³/mol. The maximum Gasteiger partial charge on any atom is 0.368 e. The van der Waals surface area contributed by atoms with E-state index in [1.165, 1.54) is 23.0 Å². The third-order valence-corrected chi connectivity index (χ3v) is 3.26. The first-order chi connectivity index (χ1) is 7.72. The number of hydrogen-bond donors (Lipinski definition) is 1. The fourth-order valence-corrected chi connectivity index (χ4v) is 2.14. The second-order valence-electron chi connectivity index (χ2n) is 2.98. The number of nitrogen functional groups attached to an aromatic ring is 1. The Labute approximate surface area is 110 Å². The van der Waals surface area contributed by atoms with Gasteiger partial charge in [0, 0.05) is 0 Å². The Morgan fingerprint density at radius 1 is 1.44 bits per heavy atom. The number of nitrogens with zero attached hydrogens (tertiary/aromatic N) is 1. The van der Waals surface area contributed by atoms with Crippen molar-refractivity contribution in [3.8, 4) is 10.6 Å². The van der Waals surface area contributed by atoms with Gasteiger partial charge in [0.1, 0.15) is 0 Å². The second kappa shape index (κ2) is 4.79. The molecule has 2 rings (SSSR count). The molecule has 2 heterocycles. The SMILES string of the molecule is Nc1ccc(-c2cccs2)nc1C(=O)OI. The standard InChI is InChI=1S/C10H7IN2O2S/c11-15-10(14)9-6(12)3-4-7(13-9)8-2-1-5-16-8/h1-5H,12H2. The van der Waals surface area contributed by atoms with Crippen LogP contribution in [0.1, 0.15) is 10.5 Å². The van der Waals surface area contributed by atoms with Gasteiger partial charge < -0.3 is 8.80 Å². The van der Waals surface area contributed by atoms with E-state index in [9.17, 15) is 4.79 Å². The lowest BCUT2D eigenvalue weighted by Gasteiger charge is -2.03. The Morgan fingerprint density at radius 2 is 2.25 bits per heavy atom. The zero-order valence-corrected chi connectivity index (χ0v) is 11.0. The van der Waals surface area contributed by atoms with Gasteiger partial charge in [-0.1, -0.05) is 6.07 Å². The lowest BCUT2D eigenvalue weighted by atomic mass is 10.2. The number of thiophene rings is 1. The van der Waals surface area contributed by atoms with Crippen molar-refractivity contribution in [2.45, 2.75) is 0 Å². The van der Waals surface area contributed by atoms with Gasteiger partial charge in [-0.3, -0.25) is 0 Å². The topological polar surface area (TPSA) is 65.2 Å². The molecule has 0 aliphatic heterocycles. The van der Waals surface area contributed by atoms with Crippen molar-refractivity contribution in [1.29, 1.82) is 0 Å². The number of halogens is 1. The quantitative estimate of drug-likeness (QED) is 0.850. The first-order valence-electron chi connectivity index (χ1n) is 4.35. The van der Waals surface area contributed by atoms with E-state index in [0.717, 1.165) is 10.6 Å². The van der Waals surface area contributed by atoms with Crippen molar-refractivity contribution in [3.05, 3.63) is 35.3 Å². The minimum absolute atomic E-state index is 0.153. The van der Waals surface area contributed by atoms with E-state index in [1.54, 1.807) is 23.5 Å². The first-order valence-corrected chi connectivity index (χ1v) is 6.11. The van der Waals surface area contributed by atoms with Gasteiger partial charge in [0.25, 0.3) is 0 Å². The number of anilines is 1. The molecule has 6 heteroatoms. The summed E-state index contributed by atoms with van der Waals surface area (Å²) >= 11 is 3.07. The minimum atomic E-state index is -0.531. The number of nitrogens with two attached hydrogens (primary N) is 1. The van der Waals surface area contributed by atoms with Gasteiger partial charge in [0.2, 0.25) is 0 Å². The van der Waals surface area contributed by atoms with Gasteiger partial charge >= 0.3 is 5.97 Å². The Morgan fingerprint density at radius 3 is 2.88 bits per heavy atom. The fraction of sp³-hybridized carbons (Fsp3) is 0. The summed E-state index contributed by atoms with van der Waals surface area (Å²) in [5.74, 6) is -0.531. The largest absolute Gasteiger partial charge is 0.397 e. The van der Waals surface area contributed by atoms with Crippen molar-refractivity contribution in [2.24, 2.45) is 0 Å². The zero-order valence-electron chi connectivity index (χ0n) is 8.01. The van der Waals surface area contributed by atoms with Crippen molar-refractivity contribution in [2.75, 3.05) is 5.73 Å². The molecule has 82 valence electrons. The molecular weight excluding hydrogens is 339 g/mol. The second-order valence-corrected chi connectivity index (χ2v) is 4.36. The molecule has 4 nitrogen and oxygen atoms in total. The van der Waals surface area contributed by atoms with Crippen LogP contribution in [0.4, 0.5) is 5.69 Å². The molecule has 0 bridgehead atoms. The molecule has 2 aromatic heterocycles. The van der Waals surface area contributed by atoms with Crippen molar-refractivity contribution in [1.82, 2.24) is 4.98 Å². The summed E-state index contributed by atoms with van der Waals surface area (Å²) < 4.78 is 4.58. The van der Waals surface area contributed by atoms with Crippen LogP contribution in [0.15, 0.2) is 29.6 Å². The van der Waals surface area contributed by atoms with Crippen LogP contribution in [0, 0.1) is 0 Å². The van der Waals surface area contributed by atoms with Crippen LogP contribution in [0.25, 0.3) is 10.6 Å². The minimum Gasteiger partial charge on any atom is -0.397 e. The summed E-state index contributed by atoms with van der Waals surface area (Å²) in [5.41, 5.74) is 6.85. The lowest BCUT2D eigenvalue weighted by molar-refractivity contribution is 0.0795. The molecule has 0 unspecified atom stereocenters. The normalized spacial score (nSPS) is 10.1.